The maximum Gasteiger partial charge on any atom is 0.0372 e. The third kappa shape index (κ3) is 4.07. The highest BCUT2D eigenvalue weighted by Crippen LogP contribution is 2.10. The summed E-state index contributed by atoms with van der Waals surface area (Å²) in [5, 5.41) is 3.62. The van der Waals surface area contributed by atoms with Crippen molar-refractivity contribution in [3.05, 3.63) is 29.6 Å². The number of hydrogen-bond acceptors (Lipinski definition) is 3. The third-order valence-electron chi connectivity index (χ3n) is 3.75. The fourth-order valence-corrected chi connectivity index (χ4v) is 2.52. The van der Waals surface area contributed by atoms with Crippen LogP contribution in [0.15, 0.2) is 18.3 Å². The van der Waals surface area contributed by atoms with Gasteiger partial charge >= 0.3 is 0 Å². The monoisotopic (exact) mass is 247 g/mol. The van der Waals surface area contributed by atoms with Crippen molar-refractivity contribution >= 4 is 0 Å². The van der Waals surface area contributed by atoms with E-state index in [-0.39, 0.29) is 0 Å². The second kappa shape index (κ2) is 6.86. The van der Waals surface area contributed by atoms with Gasteiger partial charge in [-0.3, -0.25) is 9.88 Å². The van der Waals surface area contributed by atoms with Crippen molar-refractivity contribution in [3.63, 3.8) is 0 Å². The Labute approximate surface area is 111 Å². The highest BCUT2D eigenvalue weighted by molar-refractivity contribution is 5.12. The maximum atomic E-state index is 4.38. The molecule has 1 aromatic rings. The number of aryl methyl sites for hydroxylation is 1. The summed E-state index contributed by atoms with van der Waals surface area (Å²) in [5.74, 6) is 0. The maximum absolute atomic E-state index is 4.38. The van der Waals surface area contributed by atoms with Gasteiger partial charge in [-0.05, 0) is 57.5 Å². The topological polar surface area (TPSA) is 28.2 Å². The molecule has 100 valence electrons. The molecule has 18 heavy (non-hydrogen) atoms. The van der Waals surface area contributed by atoms with Crippen LogP contribution < -0.4 is 5.32 Å². The van der Waals surface area contributed by atoms with Crippen LogP contribution in [-0.2, 0) is 6.54 Å². The smallest absolute Gasteiger partial charge is 0.0372 e. The van der Waals surface area contributed by atoms with Gasteiger partial charge in [0.2, 0.25) is 0 Å². The minimum Gasteiger partial charge on any atom is -0.314 e. The van der Waals surface area contributed by atoms with E-state index in [1.165, 1.54) is 37.9 Å². The average molecular weight is 247 g/mol. The Morgan fingerprint density at radius 2 is 2.28 bits per heavy atom. The fourth-order valence-electron chi connectivity index (χ4n) is 2.52. The lowest BCUT2D eigenvalue weighted by molar-refractivity contribution is 0.224. The first kappa shape index (κ1) is 13.5. The molecule has 0 bridgehead atoms. The van der Waals surface area contributed by atoms with Crippen LogP contribution in [0.3, 0.4) is 0 Å². The van der Waals surface area contributed by atoms with Gasteiger partial charge in [0.15, 0.2) is 0 Å². The molecule has 1 unspecified atom stereocenters. The summed E-state index contributed by atoms with van der Waals surface area (Å²) in [5.41, 5.74) is 2.43. The average Bonchev–Trinajstić information content (AvgIpc) is 2.36. The van der Waals surface area contributed by atoms with E-state index >= 15 is 0 Å². The van der Waals surface area contributed by atoms with Gasteiger partial charge in [-0.15, -0.1) is 0 Å². The van der Waals surface area contributed by atoms with E-state index < -0.39 is 0 Å². The molecule has 1 aliphatic heterocycles. The summed E-state index contributed by atoms with van der Waals surface area (Å²) >= 11 is 0. The molecule has 1 atom stereocenters. The summed E-state index contributed by atoms with van der Waals surface area (Å²) in [6.07, 6.45) is 5.76. The lowest BCUT2D eigenvalue weighted by Crippen LogP contribution is -2.39. The molecule has 0 saturated carbocycles. The minimum atomic E-state index is 0.698. The van der Waals surface area contributed by atoms with Gasteiger partial charge in [0.25, 0.3) is 0 Å². The van der Waals surface area contributed by atoms with Crippen LogP contribution in [-0.4, -0.2) is 35.6 Å². The van der Waals surface area contributed by atoms with E-state index in [0.29, 0.717) is 6.04 Å². The Balaban J connectivity index is 1.89. The normalized spacial score (nSPS) is 22.4. The number of pyridine rings is 1. The van der Waals surface area contributed by atoms with Crippen molar-refractivity contribution < 1.29 is 0 Å². The molecular formula is C15H25N3. The molecule has 1 fully saturated rings. The summed E-state index contributed by atoms with van der Waals surface area (Å²) in [4.78, 5) is 6.94. The van der Waals surface area contributed by atoms with E-state index in [9.17, 15) is 0 Å². The number of nitrogens with zero attached hydrogens (tertiary/aromatic N) is 2. The van der Waals surface area contributed by atoms with E-state index in [4.69, 9.17) is 0 Å². The molecule has 2 rings (SSSR count). The van der Waals surface area contributed by atoms with Crippen LogP contribution in [0.1, 0.15) is 37.4 Å². The molecule has 2 heterocycles. The fraction of sp³-hybridized carbons (Fsp3) is 0.667. The molecule has 0 radical (unpaired) electrons. The van der Waals surface area contributed by atoms with Crippen LogP contribution in [0, 0.1) is 6.92 Å². The van der Waals surface area contributed by atoms with Crippen LogP contribution >= 0.6 is 0 Å². The van der Waals surface area contributed by atoms with Crippen LogP contribution in [0.25, 0.3) is 0 Å². The number of rotatable bonds is 3. The zero-order valence-electron chi connectivity index (χ0n) is 11.7. The number of aromatic nitrogens is 1. The lowest BCUT2D eigenvalue weighted by atomic mass is 10.1. The molecule has 3 nitrogen and oxygen atoms in total. The SMILES string of the molecule is CCC1CCN(Cc2ccc(C)nc2)CCCN1. The van der Waals surface area contributed by atoms with Crippen LogP contribution in [0.2, 0.25) is 0 Å². The molecule has 0 spiro atoms. The largest absolute Gasteiger partial charge is 0.314 e. The van der Waals surface area contributed by atoms with E-state index in [1.54, 1.807) is 0 Å². The van der Waals surface area contributed by atoms with Crippen molar-refractivity contribution in [1.82, 2.24) is 15.2 Å². The summed E-state index contributed by atoms with van der Waals surface area (Å²) in [6, 6.07) is 5.01. The van der Waals surface area contributed by atoms with Gasteiger partial charge in [-0.2, -0.15) is 0 Å². The van der Waals surface area contributed by atoms with Gasteiger partial charge in [0, 0.05) is 24.5 Å². The van der Waals surface area contributed by atoms with Crippen molar-refractivity contribution in [1.29, 1.82) is 0 Å². The lowest BCUT2D eigenvalue weighted by Gasteiger charge is -2.28. The zero-order valence-corrected chi connectivity index (χ0v) is 11.7. The second-order valence-electron chi connectivity index (χ2n) is 5.29. The van der Waals surface area contributed by atoms with Gasteiger partial charge in [-0.25, -0.2) is 0 Å². The molecule has 0 amide bonds. The zero-order chi connectivity index (χ0) is 12.8. The molecule has 0 aliphatic carbocycles. The van der Waals surface area contributed by atoms with Crippen molar-refractivity contribution in [2.45, 2.75) is 45.7 Å². The predicted octanol–water partition coefficient (Wildman–Crippen LogP) is 2.35. The Bertz CT molecular complexity index is 347. The van der Waals surface area contributed by atoms with Crippen LogP contribution in [0.4, 0.5) is 0 Å². The second-order valence-corrected chi connectivity index (χ2v) is 5.29. The first-order valence-corrected chi connectivity index (χ1v) is 7.15. The summed E-state index contributed by atoms with van der Waals surface area (Å²) in [7, 11) is 0. The standard InChI is InChI=1S/C15H25N3/c1-3-15-7-10-18(9-4-8-16-15)12-14-6-5-13(2)17-11-14/h5-6,11,15-16H,3-4,7-10,12H2,1-2H3. The van der Waals surface area contributed by atoms with Crippen molar-refractivity contribution in [3.8, 4) is 0 Å². The quantitative estimate of drug-likeness (QED) is 0.888. The molecule has 1 saturated heterocycles. The molecule has 1 N–H and O–H groups in total. The van der Waals surface area contributed by atoms with E-state index in [0.717, 1.165) is 18.8 Å². The molecule has 0 aromatic carbocycles. The number of nitrogens with one attached hydrogen (secondary N) is 1. The minimum absolute atomic E-state index is 0.698. The Kier molecular flexibility index (Phi) is 5.14. The highest BCUT2D eigenvalue weighted by Gasteiger charge is 2.13. The van der Waals surface area contributed by atoms with E-state index in [1.807, 2.05) is 13.1 Å². The van der Waals surface area contributed by atoms with Crippen molar-refractivity contribution in [2.24, 2.45) is 0 Å². The Hall–Kier alpha value is -0.930. The summed E-state index contributed by atoms with van der Waals surface area (Å²) < 4.78 is 0. The Morgan fingerprint density at radius 3 is 3.00 bits per heavy atom. The molecule has 1 aliphatic rings. The summed E-state index contributed by atoms with van der Waals surface area (Å²) in [6.45, 7) is 8.90. The molecular weight excluding hydrogens is 222 g/mol. The third-order valence-corrected chi connectivity index (χ3v) is 3.75. The van der Waals surface area contributed by atoms with Gasteiger partial charge in [-0.1, -0.05) is 13.0 Å². The molecule has 1 aromatic heterocycles. The van der Waals surface area contributed by atoms with Gasteiger partial charge in [0.05, 0.1) is 0 Å². The first-order chi connectivity index (χ1) is 8.78. The van der Waals surface area contributed by atoms with Crippen LogP contribution in [0.5, 0.6) is 0 Å². The van der Waals surface area contributed by atoms with Gasteiger partial charge < -0.3 is 5.32 Å². The first-order valence-electron chi connectivity index (χ1n) is 7.15. The van der Waals surface area contributed by atoms with Crippen molar-refractivity contribution in [2.75, 3.05) is 19.6 Å². The highest BCUT2D eigenvalue weighted by atomic mass is 15.1. The van der Waals surface area contributed by atoms with E-state index in [2.05, 4.69) is 34.3 Å². The predicted molar refractivity (Wildman–Crippen MR) is 75.6 cm³/mol. The van der Waals surface area contributed by atoms with Gasteiger partial charge in [0.1, 0.15) is 0 Å². The number of hydrogen-bond donors (Lipinski definition) is 1. The molecule has 3 heteroatoms. The Morgan fingerprint density at radius 1 is 1.39 bits per heavy atom.